The SMILES string of the molecule is CCC(C)NC(=O)C1CCCN(C(=O)N(C)C)C1. The molecule has 0 aromatic heterocycles. The Balaban J connectivity index is 2.53. The van der Waals surface area contributed by atoms with Crippen molar-refractivity contribution < 1.29 is 9.59 Å². The second kappa shape index (κ2) is 6.61. The van der Waals surface area contributed by atoms with Crippen LogP contribution in [0.25, 0.3) is 0 Å². The van der Waals surface area contributed by atoms with Gasteiger partial charge in [0.25, 0.3) is 0 Å². The predicted octanol–water partition coefficient (Wildman–Crippen LogP) is 1.29. The summed E-state index contributed by atoms with van der Waals surface area (Å²) in [5, 5.41) is 3.00. The molecule has 1 aliphatic heterocycles. The lowest BCUT2D eigenvalue weighted by molar-refractivity contribution is -0.127. The van der Waals surface area contributed by atoms with E-state index in [0.717, 1.165) is 25.8 Å². The normalized spacial score (nSPS) is 21.3. The fourth-order valence-electron chi connectivity index (χ4n) is 2.11. The Labute approximate surface area is 110 Å². The van der Waals surface area contributed by atoms with Crippen molar-refractivity contribution >= 4 is 11.9 Å². The Morgan fingerprint density at radius 2 is 2.11 bits per heavy atom. The van der Waals surface area contributed by atoms with Gasteiger partial charge in [-0.1, -0.05) is 6.92 Å². The number of piperidine rings is 1. The van der Waals surface area contributed by atoms with Gasteiger partial charge in [-0.3, -0.25) is 4.79 Å². The van der Waals surface area contributed by atoms with E-state index >= 15 is 0 Å². The Morgan fingerprint density at radius 1 is 1.44 bits per heavy atom. The van der Waals surface area contributed by atoms with Crippen LogP contribution in [0.1, 0.15) is 33.1 Å². The highest BCUT2D eigenvalue weighted by Crippen LogP contribution is 2.17. The highest BCUT2D eigenvalue weighted by molar-refractivity contribution is 5.81. The zero-order chi connectivity index (χ0) is 13.7. The van der Waals surface area contributed by atoms with Gasteiger partial charge in [0.2, 0.25) is 5.91 Å². The summed E-state index contributed by atoms with van der Waals surface area (Å²) >= 11 is 0. The zero-order valence-electron chi connectivity index (χ0n) is 11.9. The van der Waals surface area contributed by atoms with Crippen molar-refractivity contribution in [2.75, 3.05) is 27.2 Å². The summed E-state index contributed by atoms with van der Waals surface area (Å²) in [6.45, 7) is 5.35. The number of amides is 3. The van der Waals surface area contributed by atoms with Gasteiger partial charge in [0, 0.05) is 33.2 Å². The topological polar surface area (TPSA) is 52.7 Å². The number of likely N-dealkylation sites (tertiary alicyclic amines) is 1. The summed E-state index contributed by atoms with van der Waals surface area (Å²) in [5.74, 6) is 0.0252. The molecule has 5 nitrogen and oxygen atoms in total. The van der Waals surface area contributed by atoms with Crippen LogP contribution < -0.4 is 5.32 Å². The van der Waals surface area contributed by atoms with Crippen molar-refractivity contribution in [2.24, 2.45) is 5.92 Å². The van der Waals surface area contributed by atoms with E-state index in [1.165, 1.54) is 0 Å². The highest BCUT2D eigenvalue weighted by atomic mass is 16.2. The lowest BCUT2D eigenvalue weighted by atomic mass is 9.97. The first kappa shape index (κ1) is 14.8. The standard InChI is InChI=1S/C13H25N3O2/c1-5-10(2)14-12(17)11-7-6-8-16(9-11)13(18)15(3)4/h10-11H,5-9H2,1-4H3,(H,14,17). The van der Waals surface area contributed by atoms with Crippen LogP contribution in [0, 0.1) is 5.92 Å². The molecule has 0 aromatic rings. The van der Waals surface area contributed by atoms with Crippen molar-refractivity contribution in [3.63, 3.8) is 0 Å². The first-order chi connectivity index (χ1) is 8.45. The number of hydrogen-bond donors (Lipinski definition) is 1. The molecule has 0 spiro atoms. The number of hydrogen-bond acceptors (Lipinski definition) is 2. The third-order valence-electron chi connectivity index (χ3n) is 3.45. The molecular weight excluding hydrogens is 230 g/mol. The van der Waals surface area contributed by atoms with Gasteiger partial charge in [-0.2, -0.15) is 0 Å². The van der Waals surface area contributed by atoms with Crippen LogP contribution in [0.4, 0.5) is 4.79 Å². The maximum absolute atomic E-state index is 12.0. The second-order valence-electron chi connectivity index (χ2n) is 5.28. The Hall–Kier alpha value is -1.26. The second-order valence-corrected chi connectivity index (χ2v) is 5.28. The molecule has 2 atom stereocenters. The molecule has 18 heavy (non-hydrogen) atoms. The number of rotatable bonds is 3. The molecule has 1 N–H and O–H groups in total. The lowest BCUT2D eigenvalue weighted by Gasteiger charge is -2.34. The van der Waals surface area contributed by atoms with E-state index < -0.39 is 0 Å². The fourth-order valence-corrected chi connectivity index (χ4v) is 2.11. The number of nitrogens with zero attached hydrogens (tertiary/aromatic N) is 2. The molecule has 1 heterocycles. The number of nitrogens with one attached hydrogen (secondary N) is 1. The highest BCUT2D eigenvalue weighted by Gasteiger charge is 2.29. The summed E-state index contributed by atoms with van der Waals surface area (Å²) in [4.78, 5) is 27.2. The molecule has 104 valence electrons. The summed E-state index contributed by atoms with van der Waals surface area (Å²) in [7, 11) is 3.48. The third-order valence-corrected chi connectivity index (χ3v) is 3.45. The Morgan fingerprint density at radius 3 is 2.67 bits per heavy atom. The van der Waals surface area contributed by atoms with E-state index in [0.29, 0.717) is 6.54 Å². The fraction of sp³-hybridized carbons (Fsp3) is 0.846. The summed E-state index contributed by atoms with van der Waals surface area (Å²) in [5.41, 5.74) is 0. The minimum absolute atomic E-state index is 0.00367. The smallest absolute Gasteiger partial charge is 0.319 e. The molecular formula is C13H25N3O2. The minimum atomic E-state index is -0.0587. The van der Waals surface area contributed by atoms with E-state index in [1.54, 1.807) is 23.9 Å². The van der Waals surface area contributed by atoms with Crippen molar-refractivity contribution in [1.82, 2.24) is 15.1 Å². The van der Waals surface area contributed by atoms with Gasteiger partial charge in [0.05, 0.1) is 5.92 Å². The molecule has 1 rings (SSSR count). The van der Waals surface area contributed by atoms with Gasteiger partial charge < -0.3 is 15.1 Å². The van der Waals surface area contributed by atoms with Crippen molar-refractivity contribution in [2.45, 2.75) is 39.2 Å². The van der Waals surface area contributed by atoms with Gasteiger partial charge in [-0.25, -0.2) is 4.79 Å². The largest absolute Gasteiger partial charge is 0.353 e. The molecule has 3 amide bonds. The van der Waals surface area contributed by atoms with Crippen LogP contribution in [0.2, 0.25) is 0 Å². The van der Waals surface area contributed by atoms with Crippen LogP contribution in [-0.2, 0) is 4.79 Å². The quantitative estimate of drug-likeness (QED) is 0.826. The van der Waals surface area contributed by atoms with E-state index in [1.807, 2.05) is 13.8 Å². The molecule has 0 bridgehead atoms. The van der Waals surface area contributed by atoms with Crippen LogP contribution >= 0.6 is 0 Å². The number of urea groups is 1. The van der Waals surface area contributed by atoms with E-state index in [9.17, 15) is 9.59 Å². The van der Waals surface area contributed by atoms with Crippen LogP contribution in [0.15, 0.2) is 0 Å². The van der Waals surface area contributed by atoms with Crippen LogP contribution in [-0.4, -0.2) is 55.0 Å². The van der Waals surface area contributed by atoms with Gasteiger partial charge in [-0.15, -0.1) is 0 Å². The molecule has 0 saturated carbocycles. The van der Waals surface area contributed by atoms with Gasteiger partial charge in [0.1, 0.15) is 0 Å². The maximum atomic E-state index is 12.0. The molecule has 1 fully saturated rings. The molecule has 1 aliphatic rings. The molecule has 2 unspecified atom stereocenters. The van der Waals surface area contributed by atoms with E-state index in [-0.39, 0.29) is 23.9 Å². The molecule has 0 aromatic carbocycles. The molecule has 1 saturated heterocycles. The van der Waals surface area contributed by atoms with E-state index in [4.69, 9.17) is 0 Å². The third kappa shape index (κ3) is 3.89. The van der Waals surface area contributed by atoms with Gasteiger partial charge in [-0.05, 0) is 26.2 Å². The first-order valence-electron chi connectivity index (χ1n) is 6.72. The summed E-state index contributed by atoms with van der Waals surface area (Å²) < 4.78 is 0. The molecule has 0 radical (unpaired) electrons. The van der Waals surface area contributed by atoms with Crippen molar-refractivity contribution in [3.8, 4) is 0 Å². The average molecular weight is 255 g/mol. The Bertz CT molecular complexity index is 305. The minimum Gasteiger partial charge on any atom is -0.353 e. The van der Waals surface area contributed by atoms with Crippen LogP contribution in [0.5, 0.6) is 0 Å². The number of carbonyl (C=O) groups excluding carboxylic acids is 2. The first-order valence-corrected chi connectivity index (χ1v) is 6.72. The van der Waals surface area contributed by atoms with Gasteiger partial charge in [0.15, 0.2) is 0 Å². The van der Waals surface area contributed by atoms with Crippen molar-refractivity contribution in [3.05, 3.63) is 0 Å². The molecule has 0 aliphatic carbocycles. The summed E-state index contributed by atoms with van der Waals surface area (Å²) in [6.07, 6.45) is 2.70. The lowest BCUT2D eigenvalue weighted by Crippen LogP contribution is -2.49. The number of carbonyl (C=O) groups is 2. The molecule has 5 heteroatoms. The van der Waals surface area contributed by atoms with Crippen LogP contribution in [0.3, 0.4) is 0 Å². The van der Waals surface area contributed by atoms with Gasteiger partial charge >= 0.3 is 6.03 Å². The Kier molecular flexibility index (Phi) is 5.44. The summed E-state index contributed by atoms with van der Waals surface area (Å²) in [6, 6.07) is 0.202. The van der Waals surface area contributed by atoms with E-state index in [2.05, 4.69) is 5.32 Å². The zero-order valence-corrected chi connectivity index (χ0v) is 11.9. The monoisotopic (exact) mass is 255 g/mol. The average Bonchev–Trinajstić information content (AvgIpc) is 2.37. The maximum Gasteiger partial charge on any atom is 0.319 e. The predicted molar refractivity (Wildman–Crippen MR) is 71.3 cm³/mol. The van der Waals surface area contributed by atoms with Crippen molar-refractivity contribution in [1.29, 1.82) is 0 Å².